The second kappa shape index (κ2) is 4.50. The molecule has 1 atom stereocenters. The molecule has 2 heteroatoms. The van der Waals surface area contributed by atoms with E-state index in [0.29, 0.717) is 11.5 Å². The predicted molar refractivity (Wildman–Crippen MR) is 69.2 cm³/mol. The van der Waals surface area contributed by atoms with Gasteiger partial charge in [-0.3, -0.25) is 0 Å². The zero-order chi connectivity index (χ0) is 12.4. The first-order chi connectivity index (χ1) is 8.08. The van der Waals surface area contributed by atoms with E-state index < -0.39 is 0 Å². The van der Waals surface area contributed by atoms with Crippen molar-refractivity contribution in [2.45, 2.75) is 19.8 Å². The summed E-state index contributed by atoms with van der Waals surface area (Å²) in [5.74, 6) is 0.684. The molecule has 1 aromatic carbocycles. The Hall–Kier alpha value is -1.96. The number of allylic oxidation sites excluding steroid dienone is 5. The van der Waals surface area contributed by atoms with E-state index in [1.807, 2.05) is 44.2 Å². The number of phenols is 1. The minimum atomic E-state index is 0.0844. The van der Waals surface area contributed by atoms with E-state index in [0.717, 1.165) is 16.7 Å². The van der Waals surface area contributed by atoms with Gasteiger partial charge < -0.3 is 10.2 Å². The highest BCUT2D eigenvalue weighted by Crippen LogP contribution is 2.27. The Morgan fingerprint density at radius 1 is 1.00 bits per heavy atom. The summed E-state index contributed by atoms with van der Waals surface area (Å²) in [7, 11) is 0. The van der Waals surface area contributed by atoms with Gasteiger partial charge >= 0.3 is 0 Å². The maximum absolute atomic E-state index is 9.70. The number of aliphatic hydroxyl groups excluding tert-OH is 1. The molecule has 0 radical (unpaired) electrons. The summed E-state index contributed by atoms with van der Waals surface area (Å²) in [5.41, 5.74) is 2.73. The highest BCUT2D eigenvalue weighted by atomic mass is 16.3. The minimum absolute atomic E-state index is 0.0844. The first-order valence-electron chi connectivity index (χ1n) is 5.63. The third kappa shape index (κ3) is 2.41. The van der Waals surface area contributed by atoms with E-state index >= 15 is 0 Å². The zero-order valence-electron chi connectivity index (χ0n) is 10.0. The quantitative estimate of drug-likeness (QED) is 0.768. The Labute approximate surface area is 101 Å². The second-order valence-corrected chi connectivity index (χ2v) is 4.36. The number of phenolic OH excluding ortho intramolecular Hbond substituents is 1. The normalized spacial score (nSPS) is 19.5. The van der Waals surface area contributed by atoms with Crippen molar-refractivity contribution in [1.82, 2.24) is 0 Å². The molecule has 88 valence electrons. The summed E-state index contributed by atoms with van der Waals surface area (Å²) < 4.78 is 0. The largest absolute Gasteiger partial charge is 0.508 e. The van der Waals surface area contributed by atoms with E-state index in [2.05, 4.69) is 0 Å². The minimum Gasteiger partial charge on any atom is -0.508 e. The molecule has 1 aliphatic rings. The third-order valence-electron chi connectivity index (χ3n) is 3.04. The highest BCUT2D eigenvalue weighted by molar-refractivity contribution is 5.43. The predicted octanol–water partition coefficient (Wildman–Crippen LogP) is 3.74. The average molecular weight is 228 g/mol. The van der Waals surface area contributed by atoms with Gasteiger partial charge in [0, 0.05) is 5.92 Å². The van der Waals surface area contributed by atoms with Crippen molar-refractivity contribution in [1.29, 1.82) is 0 Å². The van der Waals surface area contributed by atoms with Crippen LogP contribution in [0.2, 0.25) is 0 Å². The van der Waals surface area contributed by atoms with Crippen molar-refractivity contribution < 1.29 is 10.2 Å². The summed E-state index contributed by atoms with van der Waals surface area (Å²) in [4.78, 5) is 0. The van der Waals surface area contributed by atoms with Crippen molar-refractivity contribution in [3.63, 3.8) is 0 Å². The number of rotatable bonds is 1. The summed E-state index contributed by atoms with van der Waals surface area (Å²) in [6, 6.07) is 5.66. The lowest BCUT2D eigenvalue weighted by atomic mass is 9.97. The van der Waals surface area contributed by atoms with Crippen molar-refractivity contribution in [2.24, 2.45) is 0 Å². The van der Waals surface area contributed by atoms with Crippen LogP contribution < -0.4 is 0 Å². The van der Waals surface area contributed by atoms with Crippen molar-refractivity contribution >= 4 is 0 Å². The lowest BCUT2D eigenvalue weighted by molar-refractivity contribution is 0.427. The van der Waals surface area contributed by atoms with Gasteiger partial charge in [-0.2, -0.15) is 0 Å². The maximum atomic E-state index is 9.70. The fourth-order valence-corrected chi connectivity index (χ4v) is 1.78. The number of aromatic hydroxyl groups is 1. The lowest BCUT2D eigenvalue weighted by Gasteiger charge is -2.09. The van der Waals surface area contributed by atoms with Crippen molar-refractivity contribution in [3.8, 4) is 5.75 Å². The molecule has 17 heavy (non-hydrogen) atoms. The molecular formula is C15H16O2. The number of aryl methyl sites for hydroxylation is 1. The van der Waals surface area contributed by atoms with Gasteiger partial charge in [0.1, 0.15) is 11.5 Å². The van der Waals surface area contributed by atoms with Crippen LogP contribution in [0.5, 0.6) is 5.75 Å². The Morgan fingerprint density at radius 3 is 2.41 bits per heavy atom. The third-order valence-corrected chi connectivity index (χ3v) is 3.04. The number of benzene rings is 1. The van der Waals surface area contributed by atoms with Crippen LogP contribution in [0.4, 0.5) is 0 Å². The van der Waals surface area contributed by atoms with Crippen LogP contribution in [0.15, 0.2) is 53.8 Å². The molecule has 1 unspecified atom stereocenters. The van der Waals surface area contributed by atoms with Gasteiger partial charge in [0.2, 0.25) is 0 Å². The van der Waals surface area contributed by atoms with Gasteiger partial charge in [0.05, 0.1) is 0 Å². The van der Waals surface area contributed by atoms with Crippen LogP contribution in [-0.2, 0) is 0 Å². The molecule has 0 aliphatic heterocycles. The number of hydrogen-bond acceptors (Lipinski definition) is 2. The van der Waals surface area contributed by atoms with E-state index in [1.54, 1.807) is 12.1 Å². The van der Waals surface area contributed by atoms with Crippen LogP contribution in [0.1, 0.15) is 24.0 Å². The Bertz CT molecular complexity index is 500. The Morgan fingerprint density at radius 2 is 1.71 bits per heavy atom. The SMILES string of the molecule is CC1=C(O)C=CC(c2ccc(C)c(O)c2)C=C1. The first kappa shape index (κ1) is 11.5. The van der Waals surface area contributed by atoms with Gasteiger partial charge in [-0.25, -0.2) is 0 Å². The maximum Gasteiger partial charge on any atom is 0.118 e. The van der Waals surface area contributed by atoms with E-state index in [9.17, 15) is 10.2 Å². The summed E-state index contributed by atoms with van der Waals surface area (Å²) in [6.07, 6.45) is 7.54. The Kier molecular flexibility index (Phi) is 3.05. The highest BCUT2D eigenvalue weighted by Gasteiger charge is 2.09. The summed E-state index contributed by atoms with van der Waals surface area (Å²) >= 11 is 0. The topological polar surface area (TPSA) is 40.5 Å². The standard InChI is InChI=1S/C15H16O2/c1-10-3-5-12(7-8-14(10)16)13-6-4-11(2)15(17)9-13/h3-9,12,16-17H,1-2H3. The number of aliphatic hydroxyl groups is 1. The van der Waals surface area contributed by atoms with Crippen LogP contribution in [0.3, 0.4) is 0 Å². The van der Waals surface area contributed by atoms with Gasteiger partial charge in [-0.15, -0.1) is 0 Å². The van der Waals surface area contributed by atoms with Crippen LogP contribution in [0, 0.1) is 6.92 Å². The molecule has 1 aromatic rings. The molecule has 0 heterocycles. The average Bonchev–Trinajstić information content (AvgIpc) is 2.47. The Balaban J connectivity index is 2.34. The van der Waals surface area contributed by atoms with E-state index in [1.165, 1.54) is 0 Å². The van der Waals surface area contributed by atoms with Crippen LogP contribution in [-0.4, -0.2) is 10.2 Å². The van der Waals surface area contributed by atoms with Gasteiger partial charge in [-0.1, -0.05) is 30.4 Å². The first-order valence-corrected chi connectivity index (χ1v) is 5.63. The second-order valence-electron chi connectivity index (χ2n) is 4.36. The molecule has 2 nitrogen and oxygen atoms in total. The summed E-state index contributed by atoms with van der Waals surface area (Å²) in [5, 5.41) is 19.3. The molecule has 0 aromatic heterocycles. The molecule has 0 saturated carbocycles. The molecule has 0 fully saturated rings. The fraction of sp³-hybridized carbons (Fsp3) is 0.200. The van der Waals surface area contributed by atoms with Gasteiger partial charge in [0.25, 0.3) is 0 Å². The lowest BCUT2D eigenvalue weighted by Crippen LogP contribution is -1.91. The van der Waals surface area contributed by atoms with Crippen molar-refractivity contribution in [3.05, 3.63) is 65.0 Å². The van der Waals surface area contributed by atoms with Crippen LogP contribution in [0.25, 0.3) is 0 Å². The molecule has 2 rings (SSSR count). The molecule has 2 N–H and O–H groups in total. The molecule has 0 bridgehead atoms. The van der Waals surface area contributed by atoms with Gasteiger partial charge in [0.15, 0.2) is 0 Å². The monoisotopic (exact) mass is 228 g/mol. The molecular weight excluding hydrogens is 212 g/mol. The number of hydrogen-bond donors (Lipinski definition) is 2. The van der Waals surface area contributed by atoms with Crippen LogP contribution >= 0.6 is 0 Å². The van der Waals surface area contributed by atoms with Gasteiger partial charge in [-0.05, 0) is 42.7 Å². The molecule has 0 spiro atoms. The molecule has 0 saturated heterocycles. The van der Waals surface area contributed by atoms with Crippen molar-refractivity contribution in [2.75, 3.05) is 0 Å². The molecule has 0 amide bonds. The molecule has 1 aliphatic carbocycles. The zero-order valence-corrected chi connectivity index (χ0v) is 10.0. The smallest absolute Gasteiger partial charge is 0.118 e. The van der Waals surface area contributed by atoms with E-state index in [4.69, 9.17) is 0 Å². The summed E-state index contributed by atoms with van der Waals surface area (Å²) in [6.45, 7) is 3.74. The fourth-order valence-electron chi connectivity index (χ4n) is 1.78. The van der Waals surface area contributed by atoms with E-state index in [-0.39, 0.29) is 5.92 Å².